The highest BCUT2D eigenvalue weighted by atomic mass is 16.5. The molecule has 0 heterocycles. The summed E-state index contributed by atoms with van der Waals surface area (Å²) in [5, 5.41) is 0. The summed E-state index contributed by atoms with van der Waals surface area (Å²) in [5.74, 6) is 0.958. The van der Waals surface area contributed by atoms with Gasteiger partial charge in [0.25, 0.3) is 0 Å². The Balaban J connectivity index is 2.90. The molecule has 1 rings (SSSR count). The van der Waals surface area contributed by atoms with Crippen molar-refractivity contribution in [1.82, 2.24) is 9.80 Å². The normalized spacial score (nSPS) is 12.2. The Bertz CT molecular complexity index is 375. The predicted molar refractivity (Wildman–Crippen MR) is 77.2 cm³/mol. The van der Waals surface area contributed by atoms with Gasteiger partial charge in [-0.05, 0) is 41.1 Å². The van der Waals surface area contributed by atoms with Gasteiger partial charge in [-0.25, -0.2) is 0 Å². The molecule has 0 saturated carbocycles. The van der Waals surface area contributed by atoms with Crippen LogP contribution in [0, 0.1) is 0 Å². The van der Waals surface area contributed by atoms with Crippen molar-refractivity contribution in [2.75, 3.05) is 41.3 Å². The zero-order valence-electron chi connectivity index (χ0n) is 12.5. The first kappa shape index (κ1) is 15.0. The Kier molecular flexibility index (Phi) is 5.17. The van der Waals surface area contributed by atoms with Gasteiger partial charge in [-0.2, -0.15) is 0 Å². The SMILES string of the molecule is COc1ccccc1C(C)(C)N(C)CCN(C)C. The van der Waals surface area contributed by atoms with Crippen molar-refractivity contribution in [2.45, 2.75) is 19.4 Å². The van der Waals surface area contributed by atoms with E-state index in [-0.39, 0.29) is 5.54 Å². The van der Waals surface area contributed by atoms with Crippen LogP contribution in [0.15, 0.2) is 24.3 Å². The Morgan fingerprint density at radius 3 is 2.22 bits per heavy atom. The van der Waals surface area contributed by atoms with Gasteiger partial charge in [0.05, 0.1) is 7.11 Å². The third-order valence-electron chi connectivity index (χ3n) is 3.60. The molecule has 0 atom stereocenters. The zero-order chi connectivity index (χ0) is 13.8. The van der Waals surface area contributed by atoms with Crippen molar-refractivity contribution in [2.24, 2.45) is 0 Å². The van der Waals surface area contributed by atoms with Crippen LogP contribution in [0.3, 0.4) is 0 Å². The molecule has 0 aliphatic carbocycles. The van der Waals surface area contributed by atoms with Crippen LogP contribution >= 0.6 is 0 Å². The van der Waals surface area contributed by atoms with Gasteiger partial charge < -0.3 is 9.64 Å². The van der Waals surface area contributed by atoms with Crippen molar-refractivity contribution in [1.29, 1.82) is 0 Å². The molecule has 3 nitrogen and oxygen atoms in total. The lowest BCUT2D eigenvalue weighted by atomic mass is 9.91. The molecule has 0 saturated heterocycles. The van der Waals surface area contributed by atoms with Crippen LogP contribution in [0.5, 0.6) is 5.75 Å². The van der Waals surface area contributed by atoms with Crippen LogP contribution < -0.4 is 4.74 Å². The second-order valence-corrected chi connectivity index (χ2v) is 5.48. The molecule has 0 fully saturated rings. The molecule has 0 aliphatic heterocycles. The molecule has 0 amide bonds. The zero-order valence-corrected chi connectivity index (χ0v) is 12.5. The van der Waals surface area contributed by atoms with Crippen molar-refractivity contribution in [3.05, 3.63) is 29.8 Å². The first-order chi connectivity index (χ1) is 8.39. The molecule has 18 heavy (non-hydrogen) atoms. The molecular weight excluding hydrogens is 224 g/mol. The average Bonchev–Trinajstić information content (AvgIpc) is 2.35. The topological polar surface area (TPSA) is 15.7 Å². The Morgan fingerprint density at radius 2 is 1.67 bits per heavy atom. The molecule has 102 valence electrons. The molecule has 0 N–H and O–H groups in total. The van der Waals surface area contributed by atoms with E-state index in [1.165, 1.54) is 5.56 Å². The maximum absolute atomic E-state index is 5.47. The largest absolute Gasteiger partial charge is 0.496 e. The molecule has 0 bridgehead atoms. The number of hydrogen-bond donors (Lipinski definition) is 0. The lowest BCUT2D eigenvalue weighted by molar-refractivity contribution is 0.140. The van der Waals surface area contributed by atoms with Crippen molar-refractivity contribution in [3.63, 3.8) is 0 Å². The fraction of sp³-hybridized carbons (Fsp3) is 0.600. The second-order valence-electron chi connectivity index (χ2n) is 5.48. The van der Waals surface area contributed by atoms with Crippen molar-refractivity contribution in [3.8, 4) is 5.75 Å². The average molecular weight is 250 g/mol. The summed E-state index contributed by atoms with van der Waals surface area (Å²) in [6.45, 7) is 6.55. The Morgan fingerprint density at radius 1 is 1.06 bits per heavy atom. The monoisotopic (exact) mass is 250 g/mol. The van der Waals surface area contributed by atoms with Crippen LogP contribution in [-0.4, -0.2) is 51.1 Å². The summed E-state index contributed by atoms with van der Waals surface area (Å²) < 4.78 is 5.47. The minimum atomic E-state index is -0.0391. The van der Waals surface area contributed by atoms with E-state index in [0.717, 1.165) is 18.8 Å². The van der Waals surface area contributed by atoms with Gasteiger partial charge in [0.2, 0.25) is 0 Å². The van der Waals surface area contributed by atoms with Crippen molar-refractivity contribution < 1.29 is 4.74 Å². The minimum absolute atomic E-state index is 0.0391. The molecule has 0 unspecified atom stereocenters. The van der Waals surface area contributed by atoms with E-state index in [0.29, 0.717) is 0 Å². The summed E-state index contributed by atoms with van der Waals surface area (Å²) in [4.78, 5) is 4.57. The summed E-state index contributed by atoms with van der Waals surface area (Å²) in [6, 6.07) is 8.25. The van der Waals surface area contributed by atoms with Crippen LogP contribution in [0.4, 0.5) is 0 Å². The van der Waals surface area contributed by atoms with E-state index in [1.807, 2.05) is 12.1 Å². The quantitative estimate of drug-likeness (QED) is 0.771. The highest BCUT2D eigenvalue weighted by molar-refractivity contribution is 5.38. The number of para-hydroxylation sites is 1. The third-order valence-corrected chi connectivity index (χ3v) is 3.60. The summed E-state index contributed by atoms with van der Waals surface area (Å²) in [5.41, 5.74) is 1.19. The number of methoxy groups -OCH3 is 1. The van der Waals surface area contributed by atoms with E-state index in [4.69, 9.17) is 4.74 Å². The maximum atomic E-state index is 5.47. The van der Waals surface area contributed by atoms with Crippen molar-refractivity contribution >= 4 is 0 Å². The van der Waals surface area contributed by atoms with Gasteiger partial charge in [0.1, 0.15) is 5.75 Å². The number of benzene rings is 1. The van der Waals surface area contributed by atoms with Crippen LogP contribution in [-0.2, 0) is 5.54 Å². The van der Waals surface area contributed by atoms with E-state index in [2.05, 4.69) is 56.9 Å². The van der Waals surface area contributed by atoms with Crippen LogP contribution in [0.1, 0.15) is 19.4 Å². The van der Waals surface area contributed by atoms with Crippen LogP contribution in [0.2, 0.25) is 0 Å². The molecule has 0 aliphatic rings. The minimum Gasteiger partial charge on any atom is -0.496 e. The summed E-state index contributed by atoms with van der Waals surface area (Å²) >= 11 is 0. The number of hydrogen-bond acceptors (Lipinski definition) is 3. The van der Waals surface area contributed by atoms with Gasteiger partial charge in [0, 0.05) is 24.2 Å². The Hall–Kier alpha value is -1.06. The number of rotatable bonds is 6. The highest BCUT2D eigenvalue weighted by Gasteiger charge is 2.28. The van der Waals surface area contributed by atoms with Gasteiger partial charge in [-0.15, -0.1) is 0 Å². The van der Waals surface area contributed by atoms with E-state index >= 15 is 0 Å². The summed E-state index contributed by atoms with van der Waals surface area (Å²) in [7, 11) is 8.10. The molecule has 0 spiro atoms. The fourth-order valence-electron chi connectivity index (χ4n) is 1.99. The van der Waals surface area contributed by atoms with E-state index < -0.39 is 0 Å². The summed E-state index contributed by atoms with van der Waals surface area (Å²) in [6.07, 6.45) is 0. The molecule has 0 radical (unpaired) electrons. The highest BCUT2D eigenvalue weighted by Crippen LogP contribution is 2.33. The van der Waals surface area contributed by atoms with E-state index in [9.17, 15) is 0 Å². The predicted octanol–water partition coefficient (Wildman–Crippen LogP) is 2.42. The first-order valence-electron chi connectivity index (χ1n) is 6.39. The molecular formula is C15H26N2O. The molecule has 1 aromatic carbocycles. The molecule has 1 aromatic rings. The van der Waals surface area contributed by atoms with Gasteiger partial charge in [0.15, 0.2) is 0 Å². The number of nitrogens with zero attached hydrogens (tertiary/aromatic N) is 2. The fourth-order valence-corrected chi connectivity index (χ4v) is 1.99. The standard InChI is InChI=1S/C15H26N2O/c1-15(2,17(5)12-11-16(3)4)13-9-7-8-10-14(13)18-6/h7-10H,11-12H2,1-6H3. The molecule has 3 heteroatoms. The molecule has 0 aromatic heterocycles. The lowest BCUT2D eigenvalue weighted by Crippen LogP contribution is -2.42. The third kappa shape index (κ3) is 3.47. The number of ether oxygens (including phenoxy) is 1. The van der Waals surface area contributed by atoms with Crippen LogP contribution in [0.25, 0.3) is 0 Å². The maximum Gasteiger partial charge on any atom is 0.123 e. The first-order valence-corrected chi connectivity index (χ1v) is 6.39. The van der Waals surface area contributed by atoms with Gasteiger partial charge >= 0.3 is 0 Å². The number of likely N-dealkylation sites (N-methyl/N-ethyl adjacent to an activating group) is 2. The van der Waals surface area contributed by atoms with Gasteiger partial charge in [-0.1, -0.05) is 18.2 Å². The Labute approximate surface area is 111 Å². The van der Waals surface area contributed by atoms with E-state index in [1.54, 1.807) is 7.11 Å². The lowest BCUT2D eigenvalue weighted by Gasteiger charge is -2.37. The smallest absolute Gasteiger partial charge is 0.123 e. The second kappa shape index (κ2) is 6.21. The van der Waals surface area contributed by atoms with Gasteiger partial charge in [-0.3, -0.25) is 4.90 Å².